The van der Waals surface area contributed by atoms with Crippen LogP contribution in [0.1, 0.15) is 27.7 Å². The Balaban J connectivity index is 2.53. The van der Waals surface area contributed by atoms with Gasteiger partial charge in [0.25, 0.3) is 5.69 Å². The van der Waals surface area contributed by atoms with E-state index in [0.717, 1.165) is 7.11 Å². The van der Waals surface area contributed by atoms with Crippen molar-refractivity contribution in [3.8, 4) is 5.75 Å². The zero-order valence-electron chi connectivity index (χ0n) is 16.0. The smallest absolute Gasteiger partial charge is 0.408 e. The Kier molecular flexibility index (Phi) is 8.36. The highest BCUT2D eigenvalue weighted by Crippen LogP contribution is 2.43. The molecular weight excluding hydrogens is 379 g/mol. The van der Waals surface area contributed by atoms with Crippen molar-refractivity contribution >= 4 is 19.4 Å². The maximum Gasteiger partial charge on any atom is 0.408 e. The summed E-state index contributed by atoms with van der Waals surface area (Å²) in [5.41, 5.74) is -0.287. The molecule has 1 rings (SSSR count). The fraction of sp³-hybridized carbons (Fsp3) is 0.562. The number of ether oxygens (including phenoxy) is 2. The predicted molar refractivity (Wildman–Crippen MR) is 97.3 cm³/mol. The Hall–Kier alpha value is -2.00. The largest absolute Gasteiger partial charge is 0.467 e. The number of nitro groups is 1. The normalized spacial score (nSPS) is 14.9. The van der Waals surface area contributed by atoms with E-state index in [2.05, 4.69) is 5.09 Å². The second-order valence-corrected chi connectivity index (χ2v) is 8.72. The van der Waals surface area contributed by atoms with Gasteiger partial charge in [-0.1, -0.05) is 20.8 Å². The Morgan fingerprint density at radius 3 is 2.37 bits per heavy atom. The van der Waals surface area contributed by atoms with Gasteiger partial charge in [-0.2, -0.15) is 0 Å². The molecule has 0 radical (unpaired) electrons. The minimum Gasteiger partial charge on any atom is -0.467 e. The van der Waals surface area contributed by atoms with Gasteiger partial charge < -0.3 is 14.0 Å². The third kappa shape index (κ3) is 8.49. The lowest BCUT2D eigenvalue weighted by Gasteiger charge is -2.23. The highest BCUT2D eigenvalue weighted by atomic mass is 31.2. The summed E-state index contributed by atoms with van der Waals surface area (Å²) in [6.45, 7) is 6.96. The molecule has 152 valence electrons. The van der Waals surface area contributed by atoms with Crippen molar-refractivity contribution in [1.82, 2.24) is 5.09 Å². The lowest BCUT2D eigenvalue weighted by molar-refractivity contribution is -0.384. The van der Waals surface area contributed by atoms with Gasteiger partial charge in [0.15, 0.2) is 6.79 Å². The summed E-state index contributed by atoms with van der Waals surface area (Å²) in [6.07, 6.45) is 0. The first-order valence-corrected chi connectivity index (χ1v) is 9.62. The number of rotatable bonds is 10. The van der Waals surface area contributed by atoms with E-state index in [0.29, 0.717) is 0 Å². The van der Waals surface area contributed by atoms with Gasteiger partial charge in [0.05, 0.1) is 11.5 Å². The summed E-state index contributed by atoms with van der Waals surface area (Å²) in [6, 6.07) is 4.34. The van der Waals surface area contributed by atoms with Crippen LogP contribution in [-0.2, 0) is 23.1 Å². The number of hydrogen-bond donors (Lipinski definition) is 1. The minimum absolute atomic E-state index is 0.0879. The van der Waals surface area contributed by atoms with Gasteiger partial charge in [0.2, 0.25) is 0 Å². The van der Waals surface area contributed by atoms with Gasteiger partial charge in [-0.05, 0) is 24.5 Å². The molecule has 10 nitrogen and oxygen atoms in total. The molecule has 0 amide bonds. The molecule has 1 unspecified atom stereocenters. The van der Waals surface area contributed by atoms with E-state index >= 15 is 0 Å². The van der Waals surface area contributed by atoms with E-state index in [9.17, 15) is 19.5 Å². The standard InChI is InChI=1S/C16H25N2O8P/c1-12(15(19)24-10-16(2,3)4)17-27(22,23-5)26-11-25-14-8-6-13(7-9-14)18(20)21/h6-9,12H,10-11H2,1-5H3,(H,17,22)/t12-,27?/m0/s1. The Morgan fingerprint density at radius 1 is 1.30 bits per heavy atom. The number of benzene rings is 1. The quantitative estimate of drug-likeness (QED) is 0.205. The third-order valence-corrected chi connectivity index (χ3v) is 4.72. The van der Waals surface area contributed by atoms with Crippen LogP contribution in [-0.4, -0.2) is 37.4 Å². The molecule has 11 heteroatoms. The molecule has 0 aromatic heterocycles. The van der Waals surface area contributed by atoms with E-state index in [1.54, 1.807) is 0 Å². The van der Waals surface area contributed by atoms with E-state index in [-0.39, 0.29) is 23.5 Å². The van der Waals surface area contributed by atoms with E-state index in [1.807, 2.05) is 20.8 Å². The summed E-state index contributed by atoms with van der Waals surface area (Å²) < 4.78 is 32.8. The van der Waals surface area contributed by atoms with Crippen LogP contribution in [0.5, 0.6) is 5.75 Å². The summed E-state index contributed by atoms with van der Waals surface area (Å²) in [5, 5.41) is 13.1. The fourth-order valence-electron chi connectivity index (χ4n) is 1.67. The highest BCUT2D eigenvalue weighted by Gasteiger charge is 2.30. The maximum atomic E-state index is 12.5. The van der Waals surface area contributed by atoms with Crippen LogP contribution in [0.3, 0.4) is 0 Å². The lowest BCUT2D eigenvalue weighted by Crippen LogP contribution is -2.35. The number of non-ortho nitro benzene ring substituents is 1. The van der Waals surface area contributed by atoms with Crippen LogP contribution in [0.2, 0.25) is 0 Å². The number of hydrogen-bond acceptors (Lipinski definition) is 8. The van der Waals surface area contributed by atoms with Crippen molar-refractivity contribution < 1.29 is 32.8 Å². The zero-order chi connectivity index (χ0) is 20.7. The number of nitrogens with one attached hydrogen (secondary N) is 1. The van der Waals surface area contributed by atoms with Crippen molar-refractivity contribution in [2.75, 3.05) is 20.5 Å². The molecule has 27 heavy (non-hydrogen) atoms. The second kappa shape index (κ2) is 9.80. The zero-order valence-corrected chi connectivity index (χ0v) is 16.9. The maximum absolute atomic E-state index is 12.5. The van der Waals surface area contributed by atoms with Crippen LogP contribution in [0.15, 0.2) is 24.3 Å². The number of carbonyl (C=O) groups excluding carboxylic acids is 1. The third-order valence-electron chi connectivity index (χ3n) is 3.09. The molecule has 1 aromatic rings. The Morgan fingerprint density at radius 2 is 1.89 bits per heavy atom. The topological polar surface area (TPSA) is 126 Å². The molecule has 2 atom stereocenters. The summed E-state index contributed by atoms with van der Waals surface area (Å²) in [7, 11) is -2.66. The van der Waals surface area contributed by atoms with Crippen molar-refractivity contribution in [3.63, 3.8) is 0 Å². The molecule has 0 aliphatic rings. The average molecular weight is 404 g/mol. The van der Waals surface area contributed by atoms with Crippen LogP contribution in [0.25, 0.3) is 0 Å². The van der Waals surface area contributed by atoms with Crippen molar-refractivity contribution in [2.45, 2.75) is 33.7 Å². The first-order chi connectivity index (χ1) is 12.5. The molecule has 0 spiro atoms. The SMILES string of the molecule is COP(=O)(N[C@@H](C)C(=O)OCC(C)(C)C)OCOc1ccc([N+](=O)[O-])cc1. The van der Waals surface area contributed by atoms with Crippen LogP contribution in [0.4, 0.5) is 5.69 Å². The predicted octanol–water partition coefficient (Wildman–Crippen LogP) is 3.27. The van der Waals surface area contributed by atoms with Crippen molar-refractivity contribution in [3.05, 3.63) is 34.4 Å². The van der Waals surface area contributed by atoms with Gasteiger partial charge in [-0.15, -0.1) is 0 Å². The number of esters is 1. The second-order valence-electron chi connectivity index (χ2n) is 6.84. The summed E-state index contributed by atoms with van der Waals surface area (Å²) >= 11 is 0. The van der Waals surface area contributed by atoms with Gasteiger partial charge in [-0.25, -0.2) is 9.65 Å². The number of nitrogens with zero attached hydrogens (tertiary/aromatic N) is 1. The molecule has 0 saturated carbocycles. The molecule has 1 N–H and O–H groups in total. The number of carbonyl (C=O) groups is 1. The van der Waals surface area contributed by atoms with Crippen molar-refractivity contribution in [2.24, 2.45) is 5.41 Å². The van der Waals surface area contributed by atoms with E-state index in [4.69, 9.17) is 18.5 Å². The monoisotopic (exact) mass is 404 g/mol. The van der Waals surface area contributed by atoms with Gasteiger partial charge in [0.1, 0.15) is 11.8 Å². The summed E-state index contributed by atoms with van der Waals surface area (Å²) in [4.78, 5) is 22.0. The van der Waals surface area contributed by atoms with Crippen LogP contribution < -0.4 is 9.82 Å². The van der Waals surface area contributed by atoms with Crippen LogP contribution >= 0.6 is 7.75 Å². The van der Waals surface area contributed by atoms with E-state index < -0.39 is 31.5 Å². The molecule has 0 aliphatic heterocycles. The van der Waals surface area contributed by atoms with Crippen molar-refractivity contribution in [1.29, 1.82) is 0 Å². The Bertz CT molecular complexity index is 687. The highest BCUT2D eigenvalue weighted by molar-refractivity contribution is 7.51. The first-order valence-electron chi connectivity index (χ1n) is 8.08. The van der Waals surface area contributed by atoms with Gasteiger partial charge in [0, 0.05) is 19.2 Å². The lowest BCUT2D eigenvalue weighted by atomic mass is 9.99. The minimum atomic E-state index is -3.82. The molecule has 0 saturated heterocycles. The molecule has 1 aromatic carbocycles. The van der Waals surface area contributed by atoms with Gasteiger partial charge >= 0.3 is 13.7 Å². The fourth-order valence-corrected chi connectivity index (χ4v) is 2.73. The summed E-state index contributed by atoms with van der Waals surface area (Å²) in [5.74, 6) is -0.317. The average Bonchev–Trinajstić information content (AvgIpc) is 2.59. The molecule has 0 bridgehead atoms. The Labute approximate surface area is 157 Å². The number of nitro benzene ring substituents is 1. The first kappa shape index (κ1) is 23.0. The van der Waals surface area contributed by atoms with Crippen LogP contribution in [0, 0.1) is 15.5 Å². The molecule has 0 fully saturated rings. The van der Waals surface area contributed by atoms with Gasteiger partial charge in [-0.3, -0.25) is 19.4 Å². The molecule has 0 aliphatic carbocycles. The molecular formula is C16H25N2O8P. The molecule has 0 heterocycles. The van der Waals surface area contributed by atoms with E-state index in [1.165, 1.54) is 31.2 Å².